The number of fused-ring (bicyclic) bond motifs is 2. The van der Waals surface area contributed by atoms with Crippen LogP contribution in [0.4, 0.5) is 0 Å². The maximum absolute atomic E-state index is 8.59. The van der Waals surface area contributed by atoms with E-state index in [1.54, 1.807) is 0 Å². The Hall–Kier alpha value is -1.37. The van der Waals surface area contributed by atoms with Crippen molar-refractivity contribution in [1.29, 1.82) is 5.26 Å². The summed E-state index contributed by atoms with van der Waals surface area (Å²) in [6, 6.07) is 2.16. The first kappa shape index (κ1) is 11.7. The second kappa shape index (κ2) is 4.72. The second-order valence-corrected chi connectivity index (χ2v) is 5.87. The Morgan fingerprint density at radius 2 is 2.33 bits per heavy atom. The molecule has 4 unspecified atom stereocenters. The summed E-state index contributed by atoms with van der Waals surface area (Å²) >= 11 is 0. The van der Waals surface area contributed by atoms with Gasteiger partial charge in [0.2, 0.25) is 5.89 Å². The molecule has 3 rings (SSSR count). The molecule has 2 fully saturated rings. The van der Waals surface area contributed by atoms with Gasteiger partial charge < -0.3 is 4.52 Å². The molecule has 0 saturated heterocycles. The highest BCUT2D eigenvalue weighted by Crippen LogP contribution is 2.52. The SMILES string of the molecule is CC(CCC#N)c1nc(C2CC3CCC2C3)no1. The predicted octanol–water partition coefficient (Wildman–Crippen LogP) is 3.38. The fourth-order valence-electron chi connectivity index (χ4n) is 3.56. The molecule has 0 aliphatic heterocycles. The fraction of sp³-hybridized carbons (Fsp3) is 0.786. The molecule has 0 aromatic carbocycles. The van der Waals surface area contributed by atoms with Crippen LogP contribution in [0.1, 0.15) is 69.0 Å². The lowest BCUT2D eigenvalue weighted by Crippen LogP contribution is -2.10. The second-order valence-electron chi connectivity index (χ2n) is 5.87. The summed E-state index contributed by atoms with van der Waals surface area (Å²) in [6.45, 7) is 2.05. The number of aromatic nitrogens is 2. The van der Waals surface area contributed by atoms with Crippen molar-refractivity contribution < 1.29 is 4.52 Å². The Balaban J connectivity index is 1.68. The smallest absolute Gasteiger partial charge is 0.229 e. The zero-order valence-corrected chi connectivity index (χ0v) is 10.8. The third-order valence-corrected chi connectivity index (χ3v) is 4.64. The van der Waals surface area contributed by atoms with Crippen LogP contribution in [0, 0.1) is 23.2 Å². The van der Waals surface area contributed by atoms with Crippen LogP contribution in [-0.2, 0) is 0 Å². The Morgan fingerprint density at radius 1 is 1.44 bits per heavy atom. The van der Waals surface area contributed by atoms with E-state index in [2.05, 4.69) is 23.1 Å². The predicted molar refractivity (Wildman–Crippen MR) is 65.7 cm³/mol. The summed E-state index contributed by atoms with van der Waals surface area (Å²) in [6.07, 6.45) is 6.68. The third kappa shape index (κ3) is 2.03. The topological polar surface area (TPSA) is 62.7 Å². The van der Waals surface area contributed by atoms with E-state index >= 15 is 0 Å². The molecule has 0 amide bonds. The molecular weight excluding hydrogens is 226 g/mol. The molecule has 1 heterocycles. The molecule has 4 nitrogen and oxygen atoms in total. The summed E-state index contributed by atoms with van der Waals surface area (Å²) in [5.74, 6) is 4.05. The molecular formula is C14H19N3O. The van der Waals surface area contributed by atoms with Crippen LogP contribution >= 0.6 is 0 Å². The van der Waals surface area contributed by atoms with Crippen LogP contribution in [-0.4, -0.2) is 10.1 Å². The van der Waals surface area contributed by atoms with Gasteiger partial charge >= 0.3 is 0 Å². The molecule has 96 valence electrons. The van der Waals surface area contributed by atoms with E-state index in [0.717, 1.165) is 24.1 Å². The van der Waals surface area contributed by atoms with Crippen LogP contribution in [0.2, 0.25) is 0 Å². The van der Waals surface area contributed by atoms with Crippen molar-refractivity contribution in [2.45, 2.75) is 57.3 Å². The van der Waals surface area contributed by atoms with Crippen molar-refractivity contribution >= 4 is 0 Å². The Labute approximate surface area is 107 Å². The highest BCUT2D eigenvalue weighted by molar-refractivity contribution is 5.07. The van der Waals surface area contributed by atoms with Gasteiger partial charge in [-0.05, 0) is 37.5 Å². The molecule has 4 heteroatoms. The lowest BCUT2D eigenvalue weighted by molar-refractivity contribution is 0.337. The van der Waals surface area contributed by atoms with E-state index in [4.69, 9.17) is 9.78 Å². The summed E-state index contributed by atoms with van der Waals surface area (Å²) in [5, 5.41) is 12.8. The normalized spacial score (nSPS) is 31.4. The Kier molecular flexibility index (Phi) is 3.07. The number of hydrogen-bond acceptors (Lipinski definition) is 4. The molecule has 0 radical (unpaired) electrons. The van der Waals surface area contributed by atoms with Crippen LogP contribution in [0.3, 0.4) is 0 Å². The molecule has 2 aliphatic carbocycles. The van der Waals surface area contributed by atoms with E-state index in [0.29, 0.717) is 18.2 Å². The van der Waals surface area contributed by atoms with Gasteiger partial charge in [0, 0.05) is 18.3 Å². The molecule has 2 aliphatic rings. The molecule has 2 bridgehead atoms. The van der Waals surface area contributed by atoms with Gasteiger partial charge in [-0.2, -0.15) is 10.2 Å². The summed E-state index contributed by atoms with van der Waals surface area (Å²) in [5.41, 5.74) is 0. The quantitative estimate of drug-likeness (QED) is 0.815. The summed E-state index contributed by atoms with van der Waals surface area (Å²) in [4.78, 5) is 4.58. The van der Waals surface area contributed by atoms with E-state index in [-0.39, 0.29) is 5.92 Å². The zero-order valence-electron chi connectivity index (χ0n) is 10.8. The van der Waals surface area contributed by atoms with Crippen LogP contribution in [0.5, 0.6) is 0 Å². The van der Waals surface area contributed by atoms with Crippen molar-refractivity contribution in [2.75, 3.05) is 0 Å². The average Bonchev–Trinajstić information content (AvgIpc) is 3.09. The Morgan fingerprint density at radius 3 is 3.00 bits per heavy atom. The first-order valence-corrected chi connectivity index (χ1v) is 6.98. The fourth-order valence-corrected chi connectivity index (χ4v) is 3.56. The zero-order chi connectivity index (χ0) is 12.5. The van der Waals surface area contributed by atoms with Gasteiger partial charge in [-0.1, -0.05) is 18.5 Å². The lowest BCUT2D eigenvalue weighted by Gasteiger charge is -2.17. The van der Waals surface area contributed by atoms with E-state index in [9.17, 15) is 0 Å². The monoisotopic (exact) mass is 245 g/mol. The minimum Gasteiger partial charge on any atom is -0.339 e. The lowest BCUT2D eigenvalue weighted by atomic mass is 9.88. The number of rotatable bonds is 4. The van der Waals surface area contributed by atoms with Crippen molar-refractivity contribution in [2.24, 2.45) is 11.8 Å². The van der Waals surface area contributed by atoms with E-state index in [1.165, 1.54) is 25.7 Å². The van der Waals surface area contributed by atoms with Crippen molar-refractivity contribution in [3.05, 3.63) is 11.7 Å². The minimum atomic E-state index is 0.199. The van der Waals surface area contributed by atoms with Gasteiger partial charge in [0.05, 0.1) is 6.07 Å². The number of hydrogen-bond donors (Lipinski definition) is 0. The molecule has 0 N–H and O–H groups in total. The molecule has 18 heavy (non-hydrogen) atoms. The van der Waals surface area contributed by atoms with Crippen molar-refractivity contribution in [3.8, 4) is 6.07 Å². The van der Waals surface area contributed by atoms with Crippen LogP contribution < -0.4 is 0 Å². The molecule has 4 atom stereocenters. The van der Waals surface area contributed by atoms with Crippen LogP contribution in [0.15, 0.2) is 4.52 Å². The third-order valence-electron chi connectivity index (χ3n) is 4.64. The molecule has 0 spiro atoms. The van der Waals surface area contributed by atoms with Gasteiger partial charge in [0.25, 0.3) is 0 Å². The van der Waals surface area contributed by atoms with Crippen LogP contribution in [0.25, 0.3) is 0 Å². The van der Waals surface area contributed by atoms with Gasteiger partial charge in [-0.25, -0.2) is 0 Å². The molecule has 1 aromatic rings. The first-order chi connectivity index (χ1) is 8.78. The minimum absolute atomic E-state index is 0.199. The average molecular weight is 245 g/mol. The van der Waals surface area contributed by atoms with Crippen molar-refractivity contribution in [1.82, 2.24) is 10.1 Å². The maximum atomic E-state index is 8.59. The Bertz CT molecular complexity index is 462. The van der Waals surface area contributed by atoms with Gasteiger partial charge in [0.1, 0.15) is 0 Å². The van der Waals surface area contributed by atoms with Gasteiger partial charge in [-0.15, -0.1) is 0 Å². The van der Waals surface area contributed by atoms with Gasteiger partial charge in [-0.3, -0.25) is 0 Å². The molecule has 1 aromatic heterocycles. The maximum Gasteiger partial charge on any atom is 0.229 e. The largest absolute Gasteiger partial charge is 0.339 e. The molecule has 2 saturated carbocycles. The highest BCUT2D eigenvalue weighted by atomic mass is 16.5. The number of nitriles is 1. The summed E-state index contributed by atoms with van der Waals surface area (Å²) in [7, 11) is 0. The number of nitrogens with zero attached hydrogens (tertiary/aromatic N) is 3. The summed E-state index contributed by atoms with van der Waals surface area (Å²) < 4.78 is 5.37. The first-order valence-electron chi connectivity index (χ1n) is 6.98. The van der Waals surface area contributed by atoms with E-state index < -0.39 is 0 Å². The van der Waals surface area contributed by atoms with E-state index in [1.807, 2.05) is 0 Å². The van der Waals surface area contributed by atoms with Gasteiger partial charge in [0.15, 0.2) is 5.82 Å². The highest BCUT2D eigenvalue weighted by Gasteiger charge is 2.42. The van der Waals surface area contributed by atoms with Crippen molar-refractivity contribution in [3.63, 3.8) is 0 Å². The standard InChI is InChI=1S/C14H19N3O/c1-9(3-2-6-15)14-16-13(17-18-14)12-8-10-4-5-11(12)7-10/h9-12H,2-5,7-8H2,1H3.